The summed E-state index contributed by atoms with van der Waals surface area (Å²) in [5, 5.41) is 9.23. The van der Waals surface area contributed by atoms with Gasteiger partial charge in [-0.1, -0.05) is 30.3 Å². The zero-order valence-corrected chi connectivity index (χ0v) is 15.9. The molecule has 28 heavy (non-hydrogen) atoms. The number of imide groups is 4. The Balaban J connectivity index is 1.77. The fourth-order valence-electron chi connectivity index (χ4n) is 3.36. The maximum atomic E-state index is 12.7. The van der Waals surface area contributed by atoms with E-state index in [2.05, 4.69) is 0 Å². The lowest BCUT2D eigenvalue weighted by Gasteiger charge is -2.46. The molecule has 1 aromatic carbocycles. The van der Waals surface area contributed by atoms with Crippen LogP contribution in [0.2, 0.25) is 0 Å². The molecule has 9 heteroatoms. The predicted molar refractivity (Wildman–Crippen MR) is 95.3 cm³/mol. The molecule has 1 N–H and O–H groups in total. The Morgan fingerprint density at radius 2 is 1.79 bits per heavy atom. The highest BCUT2D eigenvalue weighted by Crippen LogP contribution is 2.46. The van der Waals surface area contributed by atoms with E-state index in [1.54, 1.807) is 20.8 Å². The van der Waals surface area contributed by atoms with Crippen molar-refractivity contribution in [1.29, 1.82) is 0 Å². The number of carboxylic acid groups (broad SMARTS) is 1. The van der Waals surface area contributed by atoms with Crippen LogP contribution in [0, 0.1) is 0 Å². The van der Waals surface area contributed by atoms with Gasteiger partial charge in [0.2, 0.25) is 0 Å². The molecule has 1 heterocycles. The number of hydrogen-bond donors (Lipinski definition) is 1. The Hall–Kier alpha value is -2.94. The Labute approximate surface area is 161 Å². The van der Waals surface area contributed by atoms with Crippen molar-refractivity contribution in [2.45, 2.75) is 57.5 Å². The van der Waals surface area contributed by atoms with E-state index in [9.17, 15) is 24.3 Å². The first-order valence-corrected chi connectivity index (χ1v) is 8.85. The Morgan fingerprint density at radius 3 is 2.32 bits per heavy atom. The number of amides is 5. The summed E-state index contributed by atoms with van der Waals surface area (Å²) >= 11 is 0. The monoisotopic (exact) mass is 390 g/mol. The topological polar surface area (TPSA) is 113 Å². The largest absolute Gasteiger partial charge is 0.464 e. The van der Waals surface area contributed by atoms with E-state index in [1.165, 1.54) is 0 Å². The second-order valence-corrected chi connectivity index (χ2v) is 7.88. The van der Waals surface area contributed by atoms with Crippen LogP contribution in [0.4, 0.5) is 14.4 Å². The first-order chi connectivity index (χ1) is 13.0. The smallest absolute Gasteiger partial charge is 0.422 e. The Kier molecular flexibility index (Phi) is 4.88. The van der Waals surface area contributed by atoms with Crippen LogP contribution in [0.3, 0.4) is 0 Å². The minimum atomic E-state index is -1.73. The molecule has 3 rings (SSSR count). The quantitative estimate of drug-likeness (QED) is 0.789. The average molecular weight is 390 g/mol. The third-order valence-electron chi connectivity index (χ3n) is 4.64. The molecule has 0 unspecified atom stereocenters. The number of urea groups is 1. The normalized spacial score (nSPS) is 24.5. The van der Waals surface area contributed by atoms with Gasteiger partial charge in [-0.05, 0) is 26.3 Å². The summed E-state index contributed by atoms with van der Waals surface area (Å²) < 4.78 is 11.0. The van der Waals surface area contributed by atoms with Crippen molar-refractivity contribution in [2.24, 2.45) is 0 Å². The van der Waals surface area contributed by atoms with Gasteiger partial charge in [0.05, 0.1) is 12.7 Å². The molecule has 0 radical (unpaired) electrons. The molecular weight excluding hydrogens is 368 g/mol. The maximum absolute atomic E-state index is 12.7. The van der Waals surface area contributed by atoms with Crippen LogP contribution in [-0.2, 0) is 20.9 Å². The molecule has 1 saturated heterocycles. The lowest BCUT2D eigenvalue weighted by Crippen LogP contribution is -2.63. The van der Waals surface area contributed by atoms with Crippen molar-refractivity contribution < 1.29 is 33.8 Å². The minimum Gasteiger partial charge on any atom is -0.464 e. The summed E-state index contributed by atoms with van der Waals surface area (Å²) in [6.45, 7) is 5.14. The lowest BCUT2D eigenvalue weighted by molar-refractivity contribution is -0.147. The highest BCUT2D eigenvalue weighted by molar-refractivity contribution is 6.20. The highest BCUT2D eigenvalue weighted by atomic mass is 16.6. The molecule has 0 atom stereocenters. The van der Waals surface area contributed by atoms with E-state index in [0.717, 1.165) is 5.56 Å². The molecule has 9 nitrogen and oxygen atoms in total. The van der Waals surface area contributed by atoms with Gasteiger partial charge in [0, 0.05) is 12.8 Å². The SMILES string of the molecule is CC(C)(C)OC(=O)N1C(=O)N(C(=O)O)C(=O)C12CC(OCc1ccccc1)C2. The number of hydrogen-bond acceptors (Lipinski definition) is 6. The van der Waals surface area contributed by atoms with Gasteiger partial charge in [-0.15, -0.1) is 0 Å². The van der Waals surface area contributed by atoms with Crippen LogP contribution >= 0.6 is 0 Å². The molecule has 150 valence electrons. The van der Waals surface area contributed by atoms with Crippen molar-refractivity contribution in [3.05, 3.63) is 35.9 Å². The van der Waals surface area contributed by atoms with E-state index in [1.807, 2.05) is 30.3 Å². The third-order valence-corrected chi connectivity index (χ3v) is 4.64. The van der Waals surface area contributed by atoms with Gasteiger partial charge < -0.3 is 14.6 Å². The van der Waals surface area contributed by atoms with Crippen LogP contribution in [-0.4, -0.2) is 56.3 Å². The molecule has 1 aliphatic heterocycles. The molecule has 1 saturated carbocycles. The van der Waals surface area contributed by atoms with Gasteiger partial charge in [0.1, 0.15) is 11.1 Å². The summed E-state index contributed by atoms with van der Waals surface area (Å²) in [4.78, 5) is 49.8. The van der Waals surface area contributed by atoms with Gasteiger partial charge in [0.25, 0.3) is 5.91 Å². The fraction of sp³-hybridized carbons (Fsp3) is 0.474. The number of carbonyl (C=O) groups excluding carboxylic acids is 3. The van der Waals surface area contributed by atoms with Crippen LogP contribution in [0.15, 0.2) is 30.3 Å². The highest BCUT2D eigenvalue weighted by Gasteiger charge is 2.68. The molecule has 2 aliphatic rings. The van der Waals surface area contributed by atoms with Gasteiger partial charge in [-0.25, -0.2) is 19.3 Å². The summed E-state index contributed by atoms with van der Waals surface area (Å²) in [6.07, 6.45) is -3.12. The Morgan fingerprint density at radius 1 is 1.18 bits per heavy atom. The van der Waals surface area contributed by atoms with Crippen LogP contribution in [0.1, 0.15) is 39.2 Å². The van der Waals surface area contributed by atoms with Crippen molar-refractivity contribution in [3.8, 4) is 0 Å². The number of rotatable bonds is 3. The maximum Gasteiger partial charge on any atom is 0.422 e. The first kappa shape index (κ1) is 19.8. The fourth-order valence-corrected chi connectivity index (χ4v) is 3.36. The number of carbonyl (C=O) groups is 4. The molecule has 1 aromatic rings. The summed E-state index contributed by atoms with van der Waals surface area (Å²) in [6, 6.07) is 8.18. The van der Waals surface area contributed by atoms with E-state index >= 15 is 0 Å². The standard InChI is InChI=1S/C19H22N2O7/c1-18(2,3)28-17(26)21-15(23)20(16(24)25)14(22)19(21)9-13(10-19)27-11-12-7-5-4-6-8-12/h4-8,13H,9-11H2,1-3H3,(H,24,25). The lowest BCUT2D eigenvalue weighted by atomic mass is 9.73. The number of nitrogens with zero attached hydrogens (tertiary/aromatic N) is 2. The molecule has 2 fully saturated rings. The number of benzene rings is 1. The second-order valence-electron chi connectivity index (χ2n) is 7.88. The summed E-state index contributed by atoms with van der Waals surface area (Å²) in [5.41, 5.74) is -1.56. The number of ether oxygens (including phenoxy) is 2. The first-order valence-electron chi connectivity index (χ1n) is 8.85. The minimum absolute atomic E-state index is 0.0213. The van der Waals surface area contributed by atoms with Gasteiger partial charge in [-0.2, -0.15) is 4.90 Å². The van der Waals surface area contributed by atoms with Crippen LogP contribution < -0.4 is 0 Å². The van der Waals surface area contributed by atoms with Crippen molar-refractivity contribution in [1.82, 2.24) is 9.80 Å². The van der Waals surface area contributed by atoms with Crippen molar-refractivity contribution in [2.75, 3.05) is 0 Å². The summed E-state index contributed by atoms with van der Waals surface area (Å²) in [7, 11) is 0. The van der Waals surface area contributed by atoms with Crippen LogP contribution in [0.25, 0.3) is 0 Å². The van der Waals surface area contributed by atoms with E-state index in [-0.39, 0.29) is 17.7 Å². The van der Waals surface area contributed by atoms with E-state index < -0.39 is 41.4 Å². The Bertz CT molecular complexity index is 809. The molecule has 0 aromatic heterocycles. The molecule has 1 spiro atoms. The van der Waals surface area contributed by atoms with Gasteiger partial charge >= 0.3 is 18.2 Å². The van der Waals surface area contributed by atoms with Crippen LogP contribution in [0.5, 0.6) is 0 Å². The zero-order valence-electron chi connectivity index (χ0n) is 15.9. The van der Waals surface area contributed by atoms with Crippen molar-refractivity contribution in [3.63, 3.8) is 0 Å². The molecular formula is C19H22N2O7. The summed E-state index contributed by atoms with van der Waals surface area (Å²) in [5.74, 6) is -0.949. The van der Waals surface area contributed by atoms with E-state index in [0.29, 0.717) is 11.5 Å². The van der Waals surface area contributed by atoms with Crippen molar-refractivity contribution >= 4 is 24.1 Å². The van der Waals surface area contributed by atoms with Gasteiger partial charge in [-0.3, -0.25) is 4.79 Å². The molecule has 1 aliphatic carbocycles. The van der Waals surface area contributed by atoms with E-state index in [4.69, 9.17) is 9.47 Å². The molecule has 5 amide bonds. The second kappa shape index (κ2) is 6.90. The van der Waals surface area contributed by atoms with Gasteiger partial charge in [0.15, 0.2) is 0 Å². The third kappa shape index (κ3) is 3.45. The zero-order chi connectivity index (χ0) is 20.7. The predicted octanol–water partition coefficient (Wildman–Crippen LogP) is 2.98. The average Bonchev–Trinajstić information content (AvgIpc) is 2.78. The molecule has 0 bridgehead atoms.